The number of fused-ring (bicyclic) bond motifs is 1. The second kappa shape index (κ2) is 5.53. The fourth-order valence-electron chi connectivity index (χ4n) is 1.78. The van der Waals surface area contributed by atoms with Crippen molar-refractivity contribution in [3.63, 3.8) is 0 Å². The Balaban J connectivity index is 1.91. The summed E-state index contributed by atoms with van der Waals surface area (Å²) >= 11 is 10.7. The Hall–Kier alpha value is -0.800. The van der Waals surface area contributed by atoms with E-state index in [2.05, 4.69) is 15.5 Å². The molecule has 0 fully saturated rings. The fourth-order valence-corrected chi connectivity index (χ4v) is 4.51. The Morgan fingerprint density at radius 1 is 1.40 bits per heavy atom. The fraction of sp³-hybridized carbons (Fsp3) is 0.182. The van der Waals surface area contributed by atoms with Gasteiger partial charge in [-0.3, -0.25) is 4.79 Å². The Morgan fingerprint density at radius 3 is 2.85 bits per heavy atom. The van der Waals surface area contributed by atoms with Crippen molar-refractivity contribution < 1.29 is 4.79 Å². The monoisotopic (exact) mass is 344 g/mol. The highest BCUT2D eigenvalue weighted by Crippen LogP contribution is 2.41. The Kier molecular flexibility index (Phi) is 3.91. The van der Waals surface area contributed by atoms with Crippen molar-refractivity contribution in [1.29, 1.82) is 0 Å². The van der Waals surface area contributed by atoms with E-state index in [4.69, 9.17) is 17.3 Å². The topological polar surface area (TPSA) is 80.9 Å². The zero-order chi connectivity index (χ0) is 14.3. The first-order chi connectivity index (χ1) is 9.58. The molecule has 0 saturated carbocycles. The van der Waals surface area contributed by atoms with Gasteiger partial charge in [-0.15, -0.1) is 10.2 Å². The number of thioether (sulfide) groups is 1. The summed E-state index contributed by atoms with van der Waals surface area (Å²) in [4.78, 5) is 12.4. The van der Waals surface area contributed by atoms with Crippen LogP contribution in [-0.2, 0) is 4.79 Å². The van der Waals surface area contributed by atoms with Crippen LogP contribution in [0.3, 0.4) is 0 Å². The van der Waals surface area contributed by atoms with Gasteiger partial charge in [0.1, 0.15) is 6.04 Å². The molecule has 3 rings (SSSR count). The molecule has 0 spiro atoms. The molecule has 1 aliphatic rings. The molecule has 0 aliphatic carbocycles. The maximum absolute atomic E-state index is 11.5. The molecule has 1 unspecified atom stereocenters. The lowest BCUT2D eigenvalue weighted by Gasteiger charge is -2.06. The van der Waals surface area contributed by atoms with Crippen molar-refractivity contribution >= 4 is 58.1 Å². The van der Waals surface area contributed by atoms with Gasteiger partial charge in [-0.1, -0.05) is 46.5 Å². The molecular weight excluding hydrogens is 336 g/mol. The predicted molar refractivity (Wildman–Crippen MR) is 82.8 cm³/mol. The van der Waals surface area contributed by atoms with E-state index < -0.39 is 6.04 Å². The van der Waals surface area contributed by atoms with Crippen LogP contribution in [0.1, 0.15) is 11.6 Å². The van der Waals surface area contributed by atoms with Crippen LogP contribution in [0.25, 0.3) is 0 Å². The lowest BCUT2D eigenvalue weighted by molar-refractivity contribution is -0.116. The van der Waals surface area contributed by atoms with Gasteiger partial charge in [0.15, 0.2) is 8.68 Å². The van der Waals surface area contributed by atoms with Crippen LogP contribution in [0, 0.1) is 0 Å². The van der Waals surface area contributed by atoms with E-state index in [-0.39, 0.29) is 5.91 Å². The Morgan fingerprint density at radius 2 is 2.15 bits per heavy atom. The van der Waals surface area contributed by atoms with Crippen LogP contribution in [0.15, 0.2) is 25.7 Å². The van der Waals surface area contributed by atoms with Gasteiger partial charge in [-0.05, 0) is 18.4 Å². The number of rotatable bonds is 3. The number of nitrogens with zero attached hydrogens (tertiary/aromatic N) is 2. The van der Waals surface area contributed by atoms with E-state index in [1.807, 2.05) is 12.3 Å². The van der Waals surface area contributed by atoms with Crippen molar-refractivity contribution in [2.45, 2.75) is 19.6 Å². The number of amides is 1. The second-order valence-corrected chi connectivity index (χ2v) is 7.70. The van der Waals surface area contributed by atoms with Crippen molar-refractivity contribution in [3.05, 3.63) is 22.7 Å². The number of nitrogens with one attached hydrogen (secondary N) is 1. The Labute approximate surface area is 132 Å². The maximum Gasteiger partial charge on any atom is 0.245 e. The number of anilines is 1. The number of carbonyl (C=O) groups is 1. The minimum atomic E-state index is -0.647. The number of nitrogens with two attached hydrogens (primary N) is 1. The van der Waals surface area contributed by atoms with Gasteiger partial charge in [-0.2, -0.15) is 0 Å². The average Bonchev–Trinajstić information content (AvgIpc) is 2.98. The minimum Gasteiger partial charge on any atom is -0.324 e. The molecule has 0 bridgehead atoms. The number of benzene rings is 1. The molecule has 0 saturated heterocycles. The maximum atomic E-state index is 11.5. The SMILES string of the molecule is CSc1nnc(Sc2cc3c(cc2Cl)C(N)C(=O)N3)s1. The summed E-state index contributed by atoms with van der Waals surface area (Å²) in [5.74, 6) is -0.209. The molecule has 1 amide bonds. The number of hydrogen-bond donors (Lipinski definition) is 2. The molecule has 104 valence electrons. The number of aromatic nitrogens is 2. The predicted octanol–water partition coefficient (Wildman–Crippen LogP) is 3.02. The summed E-state index contributed by atoms with van der Waals surface area (Å²) in [6.07, 6.45) is 1.95. The first-order valence-corrected chi connectivity index (χ1v) is 8.77. The molecule has 1 atom stereocenters. The van der Waals surface area contributed by atoms with E-state index in [1.165, 1.54) is 23.1 Å². The van der Waals surface area contributed by atoms with Crippen molar-refractivity contribution in [2.75, 3.05) is 11.6 Å². The van der Waals surface area contributed by atoms with Gasteiger partial charge in [0.2, 0.25) is 5.91 Å². The van der Waals surface area contributed by atoms with E-state index >= 15 is 0 Å². The van der Waals surface area contributed by atoms with Gasteiger partial charge in [-0.25, -0.2) is 0 Å². The molecule has 2 aromatic rings. The van der Waals surface area contributed by atoms with Crippen LogP contribution in [0.5, 0.6) is 0 Å². The summed E-state index contributed by atoms with van der Waals surface area (Å²) in [7, 11) is 0. The molecule has 9 heteroatoms. The van der Waals surface area contributed by atoms with Crippen LogP contribution in [0.2, 0.25) is 5.02 Å². The summed E-state index contributed by atoms with van der Waals surface area (Å²) in [6, 6.07) is 2.91. The third-order valence-corrected chi connectivity index (χ3v) is 6.17. The van der Waals surface area contributed by atoms with Gasteiger partial charge < -0.3 is 11.1 Å². The summed E-state index contributed by atoms with van der Waals surface area (Å²) in [6.45, 7) is 0. The quantitative estimate of drug-likeness (QED) is 0.833. The minimum absolute atomic E-state index is 0.209. The smallest absolute Gasteiger partial charge is 0.245 e. The van der Waals surface area contributed by atoms with Crippen LogP contribution in [-0.4, -0.2) is 22.4 Å². The summed E-state index contributed by atoms with van der Waals surface area (Å²) in [5, 5.41) is 11.4. The molecule has 1 aliphatic heterocycles. The highest BCUT2D eigenvalue weighted by atomic mass is 35.5. The molecule has 0 radical (unpaired) electrons. The summed E-state index contributed by atoms with van der Waals surface area (Å²) < 4.78 is 1.71. The first-order valence-electron chi connectivity index (χ1n) is 5.53. The van der Waals surface area contributed by atoms with Crippen LogP contribution >= 0.6 is 46.5 Å². The van der Waals surface area contributed by atoms with Crippen molar-refractivity contribution in [1.82, 2.24) is 10.2 Å². The molecule has 1 aromatic heterocycles. The van der Waals surface area contributed by atoms with E-state index in [9.17, 15) is 4.79 Å². The standard InChI is InChI=1S/C11H9ClN4OS3/c1-18-10-15-16-11(20-10)19-7-3-6-4(2-5(7)12)8(13)9(17)14-6/h2-3,8H,13H2,1H3,(H,14,17). The third-order valence-electron chi connectivity index (χ3n) is 2.74. The molecule has 5 nitrogen and oxygen atoms in total. The molecule has 3 N–H and O–H groups in total. The van der Waals surface area contributed by atoms with E-state index in [0.29, 0.717) is 10.7 Å². The highest BCUT2D eigenvalue weighted by Gasteiger charge is 2.28. The lowest BCUT2D eigenvalue weighted by atomic mass is 10.1. The highest BCUT2D eigenvalue weighted by molar-refractivity contribution is 8.03. The molecule has 1 aromatic carbocycles. The summed E-state index contributed by atoms with van der Waals surface area (Å²) in [5.41, 5.74) is 7.22. The van der Waals surface area contributed by atoms with E-state index in [0.717, 1.165) is 19.1 Å². The Bertz CT molecular complexity index is 690. The zero-order valence-electron chi connectivity index (χ0n) is 10.2. The van der Waals surface area contributed by atoms with Gasteiger partial charge in [0.25, 0.3) is 0 Å². The average molecular weight is 345 g/mol. The first kappa shape index (κ1) is 14.2. The van der Waals surface area contributed by atoms with Gasteiger partial charge in [0.05, 0.1) is 5.02 Å². The van der Waals surface area contributed by atoms with Gasteiger partial charge in [0, 0.05) is 16.1 Å². The normalized spacial score (nSPS) is 17.1. The molecule has 20 heavy (non-hydrogen) atoms. The van der Waals surface area contributed by atoms with E-state index in [1.54, 1.807) is 17.8 Å². The lowest BCUT2D eigenvalue weighted by Crippen LogP contribution is -2.19. The molecular formula is C11H9ClN4OS3. The third kappa shape index (κ3) is 2.53. The van der Waals surface area contributed by atoms with Crippen molar-refractivity contribution in [2.24, 2.45) is 5.73 Å². The number of halogens is 1. The largest absolute Gasteiger partial charge is 0.324 e. The second-order valence-electron chi connectivity index (χ2n) is 3.98. The zero-order valence-corrected chi connectivity index (χ0v) is 13.4. The van der Waals surface area contributed by atoms with Crippen LogP contribution in [0.4, 0.5) is 5.69 Å². The number of carbonyl (C=O) groups excluding carboxylic acids is 1. The van der Waals surface area contributed by atoms with Crippen LogP contribution < -0.4 is 11.1 Å². The van der Waals surface area contributed by atoms with Gasteiger partial charge >= 0.3 is 0 Å². The molecule has 2 heterocycles. The number of hydrogen-bond acceptors (Lipinski definition) is 7. The van der Waals surface area contributed by atoms with Crippen molar-refractivity contribution in [3.8, 4) is 0 Å².